The summed E-state index contributed by atoms with van der Waals surface area (Å²) in [6, 6.07) is 16.2. The number of rotatable bonds is 8. The molecule has 1 heterocycles. The fraction of sp³-hybridized carbons (Fsp3) is 0.409. The van der Waals surface area contributed by atoms with E-state index in [0.717, 1.165) is 31.6 Å². The second-order valence-corrected chi connectivity index (χ2v) is 9.59. The zero-order valence-corrected chi connectivity index (χ0v) is 17.3. The van der Waals surface area contributed by atoms with Gasteiger partial charge in [0.2, 0.25) is 0 Å². The van der Waals surface area contributed by atoms with Gasteiger partial charge in [0.25, 0.3) is 0 Å². The summed E-state index contributed by atoms with van der Waals surface area (Å²) in [7, 11) is -3.22. The van der Waals surface area contributed by atoms with E-state index in [0.29, 0.717) is 17.9 Å². The third kappa shape index (κ3) is 5.80. The highest BCUT2D eigenvalue weighted by atomic mass is 32.2. The third-order valence-corrected chi connectivity index (χ3v) is 6.50. The largest absolute Gasteiger partial charge is 0.493 e. The van der Waals surface area contributed by atoms with Crippen molar-refractivity contribution in [1.29, 1.82) is 5.26 Å². The fourth-order valence-corrected chi connectivity index (χ4v) is 4.31. The number of ether oxygens (including phenoxy) is 1. The van der Waals surface area contributed by atoms with Gasteiger partial charge in [-0.15, -0.1) is 0 Å². The molecule has 0 spiro atoms. The highest BCUT2D eigenvalue weighted by Crippen LogP contribution is 2.25. The summed E-state index contributed by atoms with van der Waals surface area (Å²) in [6.45, 7) is 3.11. The van der Waals surface area contributed by atoms with Gasteiger partial charge in [0.05, 0.1) is 23.1 Å². The maximum Gasteiger partial charge on any atom is 0.175 e. The first-order chi connectivity index (χ1) is 13.9. The minimum atomic E-state index is -3.22. The van der Waals surface area contributed by atoms with E-state index < -0.39 is 9.84 Å². The number of sulfone groups is 1. The highest BCUT2D eigenvalue weighted by Gasteiger charge is 2.32. The number of hydrogen-bond donors (Lipinski definition) is 1. The molecule has 154 valence electrons. The van der Waals surface area contributed by atoms with Gasteiger partial charge in [0.15, 0.2) is 9.84 Å². The van der Waals surface area contributed by atoms with E-state index in [9.17, 15) is 13.5 Å². The standard InChI is InChI=1S/C22H26N2O4S/c1-29(26,27)22-7-5-21(6-8-22)28-16-20-14-24(13-19(20)15-25)10-9-17-3-2-4-18(11-17)12-23/h2-8,11,19-20,25H,9-10,13-16H2,1H3. The molecule has 2 unspecified atom stereocenters. The molecule has 0 radical (unpaired) electrons. The van der Waals surface area contributed by atoms with Crippen LogP contribution in [0.4, 0.5) is 0 Å². The second kappa shape index (κ2) is 9.40. The fourth-order valence-electron chi connectivity index (χ4n) is 3.68. The number of nitrogens with zero attached hydrogens (tertiary/aromatic N) is 2. The first-order valence-electron chi connectivity index (χ1n) is 9.64. The summed E-state index contributed by atoms with van der Waals surface area (Å²) in [5, 5.41) is 18.8. The van der Waals surface area contributed by atoms with Crippen molar-refractivity contribution in [3.63, 3.8) is 0 Å². The van der Waals surface area contributed by atoms with Crippen LogP contribution in [0.1, 0.15) is 11.1 Å². The molecular formula is C22H26N2O4S. The van der Waals surface area contributed by atoms with E-state index in [1.807, 2.05) is 18.2 Å². The van der Waals surface area contributed by atoms with Gasteiger partial charge in [0.1, 0.15) is 5.75 Å². The van der Waals surface area contributed by atoms with E-state index in [1.54, 1.807) is 30.3 Å². The molecule has 0 saturated carbocycles. The summed E-state index contributed by atoms with van der Waals surface area (Å²) in [5.41, 5.74) is 1.81. The molecular weight excluding hydrogens is 388 g/mol. The Balaban J connectivity index is 1.53. The van der Waals surface area contributed by atoms with Crippen LogP contribution in [0.3, 0.4) is 0 Å². The van der Waals surface area contributed by atoms with Gasteiger partial charge in [-0.05, 0) is 48.4 Å². The lowest BCUT2D eigenvalue weighted by atomic mass is 9.98. The number of aliphatic hydroxyl groups is 1. The zero-order valence-electron chi connectivity index (χ0n) is 16.5. The van der Waals surface area contributed by atoms with Gasteiger partial charge in [-0.2, -0.15) is 5.26 Å². The molecule has 2 aromatic carbocycles. The molecule has 7 heteroatoms. The van der Waals surface area contributed by atoms with Crippen molar-refractivity contribution in [1.82, 2.24) is 4.90 Å². The van der Waals surface area contributed by atoms with Crippen LogP contribution in [0, 0.1) is 23.2 Å². The van der Waals surface area contributed by atoms with Crippen LogP contribution in [-0.4, -0.2) is 57.5 Å². The van der Waals surface area contributed by atoms with Crippen molar-refractivity contribution in [3.05, 3.63) is 59.7 Å². The van der Waals surface area contributed by atoms with Gasteiger partial charge in [0, 0.05) is 44.3 Å². The summed E-state index contributed by atoms with van der Waals surface area (Å²) in [6.07, 6.45) is 2.03. The summed E-state index contributed by atoms with van der Waals surface area (Å²) < 4.78 is 28.9. The average molecular weight is 415 g/mol. The molecule has 0 bridgehead atoms. The Morgan fingerprint density at radius 1 is 1.17 bits per heavy atom. The Morgan fingerprint density at radius 2 is 1.90 bits per heavy atom. The summed E-state index contributed by atoms with van der Waals surface area (Å²) in [4.78, 5) is 2.59. The van der Waals surface area contributed by atoms with Crippen LogP contribution in [-0.2, 0) is 16.3 Å². The van der Waals surface area contributed by atoms with E-state index in [4.69, 9.17) is 10.00 Å². The van der Waals surface area contributed by atoms with Crippen molar-refractivity contribution in [3.8, 4) is 11.8 Å². The van der Waals surface area contributed by atoms with E-state index in [2.05, 4.69) is 11.0 Å². The molecule has 1 N–H and O–H groups in total. The summed E-state index contributed by atoms with van der Waals surface area (Å²) >= 11 is 0. The predicted molar refractivity (Wildman–Crippen MR) is 110 cm³/mol. The van der Waals surface area contributed by atoms with Crippen molar-refractivity contribution >= 4 is 9.84 Å². The average Bonchev–Trinajstić information content (AvgIpc) is 3.13. The van der Waals surface area contributed by atoms with Crippen LogP contribution < -0.4 is 4.74 Å². The number of likely N-dealkylation sites (tertiary alicyclic amines) is 1. The lowest BCUT2D eigenvalue weighted by Crippen LogP contribution is -2.24. The van der Waals surface area contributed by atoms with Gasteiger partial charge in [-0.1, -0.05) is 12.1 Å². The molecule has 1 fully saturated rings. The topological polar surface area (TPSA) is 90.6 Å². The lowest BCUT2D eigenvalue weighted by Gasteiger charge is -2.17. The quantitative estimate of drug-likeness (QED) is 0.712. The van der Waals surface area contributed by atoms with Gasteiger partial charge in [-0.25, -0.2) is 8.42 Å². The molecule has 29 heavy (non-hydrogen) atoms. The molecule has 3 rings (SSSR count). The summed E-state index contributed by atoms with van der Waals surface area (Å²) in [5.74, 6) is 0.983. The molecule has 2 atom stereocenters. The SMILES string of the molecule is CS(=O)(=O)c1ccc(OCC2CN(CCc3cccc(C#N)c3)CC2CO)cc1. The Labute approximate surface area is 172 Å². The lowest BCUT2D eigenvalue weighted by molar-refractivity contribution is 0.162. The Morgan fingerprint density at radius 3 is 2.55 bits per heavy atom. The maximum atomic E-state index is 11.5. The Kier molecular flexibility index (Phi) is 6.91. The van der Waals surface area contributed by atoms with Crippen molar-refractivity contribution in [2.75, 3.05) is 39.1 Å². The Bertz CT molecular complexity index is 967. The number of hydrogen-bond acceptors (Lipinski definition) is 6. The highest BCUT2D eigenvalue weighted by molar-refractivity contribution is 7.90. The molecule has 1 aliphatic rings. The molecule has 1 aliphatic heterocycles. The maximum absolute atomic E-state index is 11.5. The normalized spacial score (nSPS) is 19.8. The second-order valence-electron chi connectivity index (χ2n) is 7.58. The Hall–Kier alpha value is -2.40. The van der Waals surface area contributed by atoms with Crippen LogP contribution in [0.25, 0.3) is 0 Å². The minimum Gasteiger partial charge on any atom is -0.493 e. The third-order valence-electron chi connectivity index (χ3n) is 5.38. The van der Waals surface area contributed by atoms with Crippen LogP contribution in [0.15, 0.2) is 53.4 Å². The van der Waals surface area contributed by atoms with Gasteiger partial charge >= 0.3 is 0 Å². The number of benzene rings is 2. The van der Waals surface area contributed by atoms with E-state index in [1.165, 1.54) is 6.26 Å². The first kappa shape index (κ1) is 21.3. The van der Waals surface area contributed by atoms with Crippen LogP contribution in [0.2, 0.25) is 0 Å². The smallest absolute Gasteiger partial charge is 0.175 e. The molecule has 1 saturated heterocycles. The molecule has 2 aromatic rings. The molecule has 0 amide bonds. The molecule has 6 nitrogen and oxygen atoms in total. The molecule has 0 aliphatic carbocycles. The van der Waals surface area contributed by atoms with Crippen molar-refractivity contribution in [2.45, 2.75) is 11.3 Å². The molecule has 0 aromatic heterocycles. The number of aliphatic hydroxyl groups excluding tert-OH is 1. The van der Waals surface area contributed by atoms with E-state index >= 15 is 0 Å². The number of nitriles is 1. The predicted octanol–water partition coefficient (Wildman–Crippen LogP) is 2.12. The van der Waals surface area contributed by atoms with Gasteiger partial charge in [-0.3, -0.25) is 0 Å². The monoisotopic (exact) mass is 414 g/mol. The van der Waals surface area contributed by atoms with Crippen LogP contribution >= 0.6 is 0 Å². The first-order valence-corrected chi connectivity index (χ1v) is 11.5. The van der Waals surface area contributed by atoms with Gasteiger partial charge < -0.3 is 14.7 Å². The van der Waals surface area contributed by atoms with E-state index in [-0.39, 0.29) is 23.3 Å². The zero-order chi connectivity index (χ0) is 20.9. The van der Waals surface area contributed by atoms with Crippen molar-refractivity contribution < 1.29 is 18.3 Å². The van der Waals surface area contributed by atoms with Crippen molar-refractivity contribution in [2.24, 2.45) is 11.8 Å². The van der Waals surface area contributed by atoms with Crippen LogP contribution in [0.5, 0.6) is 5.75 Å². The minimum absolute atomic E-state index is 0.113.